The quantitative estimate of drug-likeness (QED) is 0.203. The van der Waals surface area contributed by atoms with Crippen LogP contribution in [0.4, 0.5) is 11.4 Å². The highest BCUT2D eigenvalue weighted by atomic mass is 79.9. The molecule has 9 heteroatoms. The highest BCUT2D eigenvalue weighted by molar-refractivity contribution is 9.09. The van der Waals surface area contributed by atoms with E-state index in [9.17, 15) is 19.5 Å². The zero-order valence-corrected chi connectivity index (χ0v) is 27.7. The van der Waals surface area contributed by atoms with Gasteiger partial charge in [-0.1, -0.05) is 83.5 Å². The summed E-state index contributed by atoms with van der Waals surface area (Å²) in [5.41, 5.74) is 1.45. The first-order chi connectivity index (χ1) is 21.8. The molecule has 3 aromatic carbocycles. The molecule has 3 aromatic rings. The maximum Gasteiger partial charge on any atom is 0.251 e. The molecule has 3 aliphatic rings. The predicted octanol–water partition coefficient (Wildman–Crippen LogP) is 5.81. The SMILES string of the molecule is C=CCN(C(=O)C1N([C@@H](CC)CO)C(=O)[C@@H]2[C@H](C(=O)N(CC=C)c3ccccc3)[C@H]3SC12CC3Br)c1ccc2ccccc2c1. The lowest BCUT2D eigenvalue weighted by molar-refractivity contribution is -0.141. The Morgan fingerprint density at radius 2 is 1.64 bits per heavy atom. The van der Waals surface area contributed by atoms with E-state index in [1.807, 2.05) is 79.7 Å². The summed E-state index contributed by atoms with van der Waals surface area (Å²) >= 11 is 5.48. The zero-order chi connectivity index (χ0) is 31.9. The van der Waals surface area contributed by atoms with Gasteiger partial charge in [0.1, 0.15) is 6.04 Å². The molecule has 0 saturated carbocycles. The van der Waals surface area contributed by atoms with Gasteiger partial charge in [-0.3, -0.25) is 14.4 Å². The molecule has 45 heavy (non-hydrogen) atoms. The van der Waals surface area contributed by atoms with Crippen molar-refractivity contribution in [2.45, 2.75) is 46.7 Å². The van der Waals surface area contributed by atoms with Crippen LogP contribution in [0.3, 0.4) is 0 Å². The molecule has 3 aliphatic heterocycles. The third-order valence-electron chi connectivity index (χ3n) is 9.59. The van der Waals surface area contributed by atoms with Crippen LogP contribution in [0.1, 0.15) is 19.8 Å². The van der Waals surface area contributed by atoms with Crippen molar-refractivity contribution in [3.8, 4) is 0 Å². The number of benzene rings is 3. The number of nitrogens with zero attached hydrogens (tertiary/aromatic N) is 3. The number of amides is 3. The minimum Gasteiger partial charge on any atom is -0.394 e. The summed E-state index contributed by atoms with van der Waals surface area (Å²) in [6.07, 6.45) is 4.42. The van der Waals surface area contributed by atoms with E-state index in [1.165, 1.54) is 0 Å². The smallest absolute Gasteiger partial charge is 0.251 e. The number of anilines is 2. The first kappa shape index (κ1) is 31.6. The van der Waals surface area contributed by atoms with Crippen molar-refractivity contribution in [3.63, 3.8) is 0 Å². The molecule has 1 N–H and O–H groups in total. The van der Waals surface area contributed by atoms with Crippen LogP contribution in [-0.4, -0.2) is 74.3 Å². The van der Waals surface area contributed by atoms with Gasteiger partial charge >= 0.3 is 0 Å². The Balaban J connectivity index is 1.45. The molecule has 3 fully saturated rings. The monoisotopic (exact) mass is 687 g/mol. The Labute approximate surface area is 277 Å². The molecule has 0 aliphatic carbocycles. The predicted molar refractivity (Wildman–Crippen MR) is 186 cm³/mol. The van der Waals surface area contributed by atoms with Crippen LogP contribution in [0.25, 0.3) is 10.8 Å². The number of carbonyl (C=O) groups is 3. The van der Waals surface area contributed by atoms with Crippen molar-refractivity contribution in [2.24, 2.45) is 11.8 Å². The van der Waals surface area contributed by atoms with Gasteiger partial charge in [-0.25, -0.2) is 0 Å². The number of carbonyl (C=O) groups excluding carboxylic acids is 3. The maximum atomic E-state index is 15.0. The number of hydrogen-bond donors (Lipinski definition) is 1. The Morgan fingerprint density at radius 3 is 2.29 bits per heavy atom. The molecule has 7 atom stereocenters. The number of thioether (sulfide) groups is 1. The van der Waals surface area contributed by atoms with Gasteiger partial charge in [-0.05, 0) is 47.9 Å². The fourth-order valence-corrected chi connectivity index (χ4v) is 11.2. The van der Waals surface area contributed by atoms with Gasteiger partial charge in [-0.2, -0.15) is 0 Å². The van der Waals surface area contributed by atoms with E-state index in [-0.39, 0.29) is 41.0 Å². The summed E-state index contributed by atoms with van der Waals surface area (Å²) in [6, 6.07) is 21.9. The topological polar surface area (TPSA) is 81.2 Å². The van der Waals surface area contributed by atoms with E-state index < -0.39 is 28.7 Å². The number of halogens is 1. The summed E-state index contributed by atoms with van der Waals surface area (Å²) in [5, 5.41) is 12.4. The molecule has 3 amide bonds. The average Bonchev–Trinajstić information content (AvgIpc) is 3.66. The summed E-state index contributed by atoms with van der Waals surface area (Å²) in [5.74, 6) is -1.96. The van der Waals surface area contributed by atoms with Crippen molar-refractivity contribution >= 4 is 67.6 Å². The van der Waals surface area contributed by atoms with Crippen molar-refractivity contribution in [2.75, 3.05) is 29.5 Å². The number of para-hydroxylation sites is 1. The third-order valence-corrected chi connectivity index (χ3v) is 12.8. The summed E-state index contributed by atoms with van der Waals surface area (Å²) in [7, 11) is 0. The lowest BCUT2D eigenvalue weighted by Gasteiger charge is -2.40. The molecular formula is C36H38BrN3O4S. The van der Waals surface area contributed by atoms with Crippen LogP contribution >= 0.6 is 27.7 Å². The van der Waals surface area contributed by atoms with Gasteiger partial charge in [-0.15, -0.1) is 24.9 Å². The third kappa shape index (κ3) is 5.13. The van der Waals surface area contributed by atoms with E-state index in [2.05, 4.69) is 29.1 Å². The second kappa shape index (κ2) is 12.8. The van der Waals surface area contributed by atoms with E-state index >= 15 is 0 Å². The zero-order valence-electron chi connectivity index (χ0n) is 25.3. The fraction of sp³-hybridized carbons (Fsp3) is 0.361. The van der Waals surface area contributed by atoms with Gasteiger partial charge in [0.2, 0.25) is 11.8 Å². The molecule has 7 nitrogen and oxygen atoms in total. The van der Waals surface area contributed by atoms with Crippen molar-refractivity contribution in [1.29, 1.82) is 0 Å². The Morgan fingerprint density at radius 1 is 1.00 bits per heavy atom. The molecule has 0 aromatic heterocycles. The fourth-order valence-electron chi connectivity index (χ4n) is 7.62. The Kier molecular flexibility index (Phi) is 8.96. The van der Waals surface area contributed by atoms with Gasteiger partial charge in [0.25, 0.3) is 5.91 Å². The molecule has 6 rings (SSSR count). The maximum absolute atomic E-state index is 15.0. The molecule has 1 spiro atoms. The largest absolute Gasteiger partial charge is 0.394 e. The standard InChI is InChI=1S/C36H38BrN3O4S/c1-4-18-38(26-14-8-7-9-15-26)33(42)29-30-34(43)40(25(6-3)22-41)32(36(30)21-28(37)31(29)45-36)35(44)39(19-5-2)27-17-16-23-12-10-11-13-24(23)20-27/h4-5,7-17,20,25,28-32,41H,1-2,6,18-19,21-22H2,3H3/t25-,28?,29-,30-,31-,32?,36?/m0/s1. The first-order valence-corrected chi connectivity index (χ1v) is 17.2. The lowest BCUT2D eigenvalue weighted by Crippen LogP contribution is -2.58. The van der Waals surface area contributed by atoms with E-state index in [1.54, 1.807) is 38.6 Å². The van der Waals surface area contributed by atoms with Crippen molar-refractivity contribution < 1.29 is 19.5 Å². The number of fused-ring (bicyclic) bond motifs is 2. The Hall–Kier alpha value is -3.40. The number of likely N-dealkylation sites (tertiary alicyclic amines) is 1. The van der Waals surface area contributed by atoms with Crippen LogP contribution < -0.4 is 9.80 Å². The molecule has 3 saturated heterocycles. The van der Waals surface area contributed by atoms with Crippen LogP contribution in [0, 0.1) is 11.8 Å². The van der Waals surface area contributed by atoms with Crippen LogP contribution in [0.5, 0.6) is 0 Å². The van der Waals surface area contributed by atoms with E-state index in [4.69, 9.17) is 0 Å². The van der Waals surface area contributed by atoms with Crippen LogP contribution in [-0.2, 0) is 14.4 Å². The second-order valence-corrected chi connectivity index (χ2v) is 14.7. The number of rotatable bonds is 11. The van der Waals surface area contributed by atoms with Gasteiger partial charge in [0, 0.05) is 34.5 Å². The number of alkyl halides is 1. The Bertz CT molecular complexity index is 1630. The van der Waals surface area contributed by atoms with E-state index in [0.717, 1.165) is 16.5 Å². The molecular weight excluding hydrogens is 650 g/mol. The second-order valence-electron chi connectivity index (χ2n) is 12.0. The number of aliphatic hydroxyl groups excluding tert-OH is 1. The van der Waals surface area contributed by atoms with Crippen LogP contribution in [0.15, 0.2) is 98.1 Å². The van der Waals surface area contributed by atoms with Crippen LogP contribution in [0.2, 0.25) is 0 Å². The van der Waals surface area contributed by atoms with Gasteiger partial charge in [0.05, 0.1) is 29.2 Å². The number of aliphatic hydroxyl groups is 1. The lowest BCUT2D eigenvalue weighted by atomic mass is 9.70. The first-order valence-electron chi connectivity index (χ1n) is 15.4. The van der Waals surface area contributed by atoms with Crippen molar-refractivity contribution in [3.05, 3.63) is 98.1 Å². The van der Waals surface area contributed by atoms with Gasteiger partial charge < -0.3 is 19.8 Å². The van der Waals surface area contributed by atoms with Crippen molar-refractivity contribution in [1.82, 2.24) is 4.90 Å². The average molecular weight is 689 g/mol. The van der Waals surface area contributed by atoms with E-state index in [0.29, 0.717) is 25.1 Å². The molecule has 234 valence electrons. The highest BCUT2D eigenvalue weighted by Gasteiger charge is 2.76. The normalized spacial score (nSPS) is 27.3. The molecule has 0 radical (unpaired) electrons. The van der Waals surface area contributed by atoms with Gasteiger partial charge in [0.15, 0.2) is 0 Å². The minimum atomic E-state index is -0.865. The highest BCUT2D eigenvalue weighted by Crippen LogP contribution is 2.68. The summed E-state index contributed by atoms with van der Waals surface area (Å²) in [4.78, 5) is 49.2. The number of hydrogen-bond acceptors (Lipinski definition) is 5. The molecule has 2 bridgehead atoms. The summed E-state index contributed by atoms with van der Waals surface area (Å²) < 4.78 is -0.845. The minimum absolute atomic E-state index is 0.0696. The summed E-state index contributed by atoms with van der Waals surface area (Å²) in [6.45, 7) is 10.0. The molecule has 3 unspecified atom stereocenters. The molecule has 3 heterocycles.